The summed E-state index contributed by atoms with van der Waals surface area (Å²) >= 11 is 0. The predicted octanol–water partition coefficient (Wildman–Crippen LogP) is 0.457. The van der Waals surface area contributed by atoms with Crippen LogP contribution in [0.3, 0.4) is 0 Å². The van der Waals surface area contributed by atoms with E-state index in [1.54, 1.807) is 4.90 Å². The molecule has 2 saturated carbocycles. The Kier molecular flexibility index (Phi) is 3.63. The van der Waals surface area contributed by atoms with E-state index < -0.39 is 11.9 Å². The lowest BCUT2D eigenvalue weighted by atomic mass is 9.78. The number of rotatable bonds is 3. The summed E-state index contributed by atoms with van der Waals surface area (Å²) in [5, 5.41) is 9.44. The molecule has 3 fully saturated rings. The minimum Gasteiger partial charge on any atom is -0.481 e. The largest absolute Gasteiger partial charge is 0.481 e. The number of amides is 2. The van der Waals surface area contributed by atoms with Gasteiger partial charge in [-0.1, -0.05) is 0 Å². The summed E-state index contributed by atoms with van der Waals surface area (Å²) in [7, 11) is 0. The Bertz CT molecular complexity index is 470. The highest BCUT2D eigenvalue weighted by atomic mass is 16.4. The minimum absolute atomic E-state index is 0.0162. The van der Waals surface area contributed by atoms with Gasteiger partial charge in [-0.3, -0.25) is 14.4 Å². The number of hydrogen-bond acceptors (Lipinski definition) is 3. The highest BCUT2D eigenvalue weighted by Crippen LogP contribution is 2.53. The molecule has 116 valence electrons. The molecule has 21 heavy (non-hydrogen) atoms. The summed E-state index contributed by atoms with van der Waals surface area (Å²) in [5.41, 5.74) is 5.30. The normalized spacial score (nSPS) is 35.9. The number of carbonyl (C=O) groups is 3. The molecule has 3 N–H and O–H groups in total. The van der Waals surface area contributed by atoms with E-state index in [-0.39, 0.29) is 35.5 Å². The second-order valence-corrected chi connectivity index (χ2v) is 6.72. The monoisotopic (exact) mass is 294 g/mol. The van der Waals surface area contributed by atoms with E-state index in [2.05, 4.69) is 0 Å². The molecule has 0 aromatic carbocycles. The number of hydrogen-bond donors (Lipinski definition) is 2. The van der Waals surface area contributed by atoms with E-state index in [9.17, 15) is 19.5 Å². The highest BCUT2D eigenvalue weighted by molar-refractivity contribution is 5.86. The van der Waals surface area contributed by atoms with Crippen molar-refractivity contribution in [3.8, 4) is 0 Å². The van der Waals surface area contributed by atoms with Gasteiger partial charge in [0, 0.05) is 19.0 Å². The molecule has 2 bridgehead atoms. The van der Waals surface area contributed by atoms with Crippen LogP contribution in [0.15, 0.2) is 0 Å². The molecule has 0 radical (unpaired) electrons. The number of likely N-dealkylation sites (tertiary alicyclic amines) is 1. The number of carbonyl (C=O) groups excluding carboxylic acids is 2. The second kappa shape index (κ2) is 5.31. The summed E-state index contributed by atoms with van der Waals surface area (Å²) in [6.07, 6.45) is 3.99. The van der Waals surface area contributed by atoms with Crippen LogP contribution in [0.25, 0.3) is 0 Å². The van der Waals surface area contributed by atoms with Crippen molar-refractivity contribution in [1.29, 1.82) is 0 Å². The molecule has 0 aromatic rings. The first kappa shape index (κ1) is 14.4. The summed E-state index contributed by atoms with van der Waals surface area (Å²) in [4.78, 5) is 37.2. The van der Waals surface area contributed by atoms with Gasteiger partial charge in [-0.05, 0) is 43.9 Å². The summed E-state index contributed by atoms with van der Waals surface area (Å²) < 4.78 is 0. The van der Waals surface area contributed by atoms with Gasteiger partial charge in [0.25, 0.3) is 0 Å². The number of nitrogens with zero attached hydrogens (tertiary/aromatic N) is 1. The molecule has 3 aliphatic rings. The van der Waals surface area contributed by atoms with Gasteiger partial charge in [-0.25, -0.2) is 0 Å². The Hall–Kier alpha value is -1.59. The third kappa shape index (κ3) is 2.40. The van der Waals surface area contributed by atoms with Gasteiger partial charge in [-0.15, -0.1) is 0 Å². The van der Waals surface area contributed by atoms with Crippen LogP contribution in [-0.2, 0) is 14.4 Å². The lowest BCUT2D eigenvalue weighted by Crippen LogP contribution is -2.48. The van der Waals surface area contributed by atoms with Crippen LogP contribution < -0.4 is 5.73 Å². The Morgan fingerprint density at radius 1 is 0.952 bits per heavy atom. The van der Waals surface area contributed by atoms with E-state index in [0.717, 1.165) is 19.3 Å². The Morgan fingerprint density at radius 2 is 1.52 bits per heavy atom. The number of carboxylic acids is 1. The minimum atomic E-state index is -0.826. The maximum atomic E-state index is 12.7. The van der Waals surface area contributed by atoms with E-state index in [4.69, 9.17) is 5.73 Å². The van der Waals surface area contributed by atoms with Crippen molar-refractivity contribution >= 4 is 17.8 Å². The van der Waals surface area contributed by atoms with Crippen molar-refractivity contribution in [2.24, 2.45) is 35.3 Å². The SMILES string of the molecule is NC(=O)C1CCN(C(=O)C2C3CCC(C3)C2C(=O)O)CC1. The first-order valence-corrected chi connectivity index (χ1v) is 7.80. The van der Waals surface area contributed by atoms with Crippen molar-refractivity contribution in [2.45, 2.75) is 32.1 Å². The molecule has 6 heteroatoms. The summed E-state index contributed by atoms with van der Waals surface area (Å²) in [6, 6.07) is 0. The number of fused-ring (bicyclic) bond motifs is 2. The standard InChI is InChI=1S/C15H22N2O4/c16-13(18)8-3-5-17(6-4-8)14(19)11-9-1-2-10(7-9)12(11)15(20)21/h8-12H,1-7H2,(H2,16,18)(H,20,21). The quantitative estimate of drug-likeness (QED) is 0.789. The lowest BCUT2D eigenvalue weighted by molar-refractivity contribution is -0.153. The Balaban J connectivity index is 1.68. The van der Waals surface area contributed by atoms with Crippen LogP contribution in [0.4, 0.5) is 0 Å². The zero-order valence-electron chi connectivity index (χ0n) is 12.0. The maximum Gasteiger partial charge on any atom is 0.307 e. The average Bonchev–Trinajstić information content (AvgIpc) is 3.07. The van der Waals surface area contributed by atoms with Crippen LogP contribution in [0.5, 0.6) is 0 Å². The van der Waals surface area contributed by atoms with Crippen LogP contribution in [0.1, 0.15) is 32.1 Å². The van der Waals surface area contributed by atoms with Gasteiger partial charge in [-0.2, -0.15) is 0 Å². The second-order valence-electron chi connectivity index (χ2n) is 6.72. The molecular formula is C15H22N2O4. The van der Waals surface area contributed by atoms with E-state index in [1.165, 1.54) is 0 Å². The molecule has 4 atom stereocenters. The third-order valence-electron chi connectivity index (χ3n) is 5.70. The van der Waals surface area contributed by atoms with Crippen LogP contribution >= 0.6 is 0 Å². The molecule has 6 nitrogen and oxygen atoms in total. The van der Waals surface area contributed by atoms with Crippen molar-refractivity contribution in [3.63, 3.8) is 0 Å². The first-order chi connectivity index (χ1) is 9.99. The Labute approximate surface area is 123 Å². The number of carboxylic acid groups (broad SMARTS) is 1. The number of piperidine rings is 1. The van der Waals surface area contributed by atoms with Gasteiger partial charge < -0.3 is 15.7 Å². The summed E-state index contributed by atoms with van der Waals surface area (Å²) in [5.74, 6) is -1.75. The first-order valence-electron chi connectivity index (χ1n) is 7.80. The number of nitrogens with two attached hydrogens (primary N) is 1. The number of primary amides is 1. The predicted molar refractivity (Wildman–Crippen MR) is 73.9 cm³/mol. The fourth-order valence-corrected chi connectivity index (χ4v) is 4.60. The average molecular weight is 294 g/mol. The van der Waals surface area contributed by atoms with Crippen molar-refractivity contribution in [2.75, 3.05) is 13.1 Å². The molecule has 2 aliphatic carbocycles. The third-order valence-corrected chi connectivity index (χ3v) is 5.70. The molecule has 1 heterocycles. The maximum absolute atomic E-state index is 12.7. The van der Waals surface area contributed by atoms with Crippen molar-refractivity contribution in [3.05, 3.63) is 0 Å². The van der Waals surface area contributed by atoms with Gasteiger partial charge in [0.05, 0.1) is 11.8 Å². The highest BCUT2D eigenvalue weighted by Gasteiger charge is 2.54. The van der Waals surface area contributed by atoms with Crippen molar-refractivity contribution in [1.82, 2.24) is 4.90 Å². The van der Waals surface area contributed by atoms with Gasteiger partial charge >= 0.3 is 5.97 Å². The van der Waals surface area contributed by atoms with Crippen LogP contribution in [0.2, 0.25) is 0 Å². The zero-order chi connectivity index (χ0) is 15.1. The molecule has 4 unspecified atom stereocenters. The van der Waals surface area contributed by atoms with Gasteiger partial charge in [0.15, 0.2) is 0 Å². The topological polar surface area (TPSA) is 101 Å². The molecule has 3 rings (SSSR count). The van der Waals surface area contributed by atoms with E-state index >= 15 is 0 Å². The fraction of sp³-hybridized carbons (Fsp3) is 0.800. The van der Waals surface area contributed by atoms with Gasteiger partial charge in [0.1, 0.15) is 0 Å². The zero-order valence-corrected chi connectivity index (χ0v) is 12.0. The molecule has 0 aromatic heterocycles. The van der Waals surface area contributed by atoms with Gasteiger partial charge in [0.2, 0.25) is 11.8 Å². The van der Waals surface area contributed by atoms with E-state index in [0.29, 0.717) is 25.9 Å². The van der Waals surface area contributed by atoms with Crippen LogP contribution in [-0.4, -0.2) is 40.9 Å². The fourth-order valence-electron chi connectivity index (χ4n) is 4.60. The Morgan fingerprint density at radius 3 is 2.05 bits per heavy atom. The number of aliphatic carboxylic acids is 1. The molecular weight excluding hydrogens is 272 g/mol. The molecule has 1 aliphatic heterocycles. The molecule has 2 amide bonds. The smallest absolute Gasteiger partial charge is 0.307 e. The van der Waals surface area contributed by atoms with E-state index in [1.807, 2.05) is 0 Å². The molecule has 1 saturated heterocycles. The van der Waals surface area contributed by atoms with Crippen molar-refractivity contribution < 1.29 is 19.5 Å². The molecule has 0 spiro atoms. The van der Waals surface area contributed by atoms with Crippen LogP contribution in [0, 0.1) is 29.6 Å². The summed E-state index contributed by atoms with van der Waals surface area (Å²) in [6.45, 7) is 1.04. The lowest BCUT2D eigenvalue weighted by Gasteiger charge is -2.36.